The molecule has 0 fully saturated rings. The van der Waals surface area contributed by atoms with E-state index < -0.39 is 0 Å². The third-order valence-corrected chi connectivity index (χ3v) is 3.62. The van der Waals surface area contributed by atoms with Gasteiger partial charge in [0.05, 0.1) is 5.69 Å². The Morgan fingerprint density at radius 3 is 2.21 bits per heavy atom. The van der Waals surface area contributed by atoms with Crippen LogP contribution in [0.5, 0.6) is 0 Å². The topological polar surface area (TPSA) is 12.9 Å². The van der Waals surface area contributed by atoms with Crippen molar-refractivity contribution in [2.45, 2.75) is 0 Å². The van der Waals surface area contributed by atoms with E-state index in [4.69, 9.17) is 0 Å². The normalized spacial score (nSPS) is 10.9. The molecule has 1 nitrogen and oxygen atoms in total. The molecule has 0 saturated heterocycles. The van der Waals surface area contributed by atoms with Crippen molar-refractivity contribution in [1.82, 2.24) is 4.98 Å². The van der Waals surface area contributed by atoms with Gasteiger partial charge >= 0.3 is 0 Å². The molecule has 0 aliphatic heterocycles. The SMILES string of the molecule is C(=C\c1nc(-c2ccccc2)cs1)/c1ccccc1. The van der Waals surface area contributed by atoms with E-state index in [-0.39, 0.29) is 0 Å². The molecular formula is C17H13NS. The summed E-state index contributed by atoms with van der Waals surface area (Å²) in [5.74, 6) is 0. The quantitative estimate of drug-likeness (QED) is 0.649. The van der Waals surface area contributed by atoms with Crippen LogP contribution in [-0.2, 0) is 0 Å². The third kappa shape index (κ3) is 2.98. The third-order valence-electron chi connectivity index (χ3n) is 2.81. The molecule has 0 radical (unpaired) electrons. The van der Waals surface area contributed by atoms with Crippen molar-refractivity contribution in [3.05, 3.63) is 76.6 Å². The zero-order valence-electron chi connectivity index (χ0n) is 10.4. The Kier molecular flexibility index (Phi) is 3.52. The van der Waals surface area contributed by atoms with E-state index in [2.05, 4.69) is 46.8 Å². The van der Waals surface area contributed by atoms with Crippen molar-refractivity contribution in [1.29, 1.82) is 0 Å². The second kappa shape index (κ2) is 5.63. The molecule has 0 amide bonds. The van der Waals surface area contributed by atoms with Crippen LogP contribution in [0.3, 0.4) is 0 Å². The highest BCUT2D eigenvalue weighted by Gasteiger charge is 2.01. The molecule has 92 valence electrons. The van der Waals surface area contributed by atoms with Gasteiger partial charge in [0.15, 0.2) is 0 Å². The molecule has 2 heteroatoms. The molecule has 0 aliphatic carbocycles. The molecule has 2 aromatic carbocycles. The first-order valence-electron chi connectivity index (χ1n) is 6.16. The molecule has 3 rings (SSSR count). The second-order valence-electron chi connectivity index (χ2n) is 4.18. The number of thiazole rings is 1. The summed E-state index contributed by atoms with van der Waals surface area (Å²) in [7, 11) is 0. The van der Waals surface area contributed by atoms with Crippen molar-refractivity contribution in [2.75, 3.05) is 0 Å². The van der Waals surface area contributed by atoms with Crippen LogP contribution in [0.15, 0.2) is 66.0 Å². The number of rotatable bonds is 3. The summed E-state index contributed by atoms with van der Waals surface area (Å²) in [6.07, 6.45) is 4.15. The van der Waals surface area contributed by atoms with Gasteiger partial charge in [0.1, 0.15) is 5.01 Å². The Balaban J connectivity index is 1.81. The zero-order valence-corrected chi connectivity index (χ0v) is 11.2. The lowest BCUT2D eigenvalue weighted by molar-refractivity contribution is 1.38. The highest BCUT2D eigenvalue weighted by atomic mass is 32.1. The number of hydrogen-bond donors (Lipinski definition) is 0. The first-order valence-corrected chi connectivity index (χ1v) is 7.04. The van der Waals surface area contributed by atoms with Crippen LogP contribution in [0.4, 0.5) is 0 Å². The van der Waals surface area contributed by atoms with E-state index in [0.29, 0.717) is 0 Å². The maximum atomic E-state index is 4.63. The van der Waals surface area contributed by atoms with Gasteiger partial charge in [-0.05, 0) is 11.6 Å². The monoisotopic (exact) mass is 263 g/mol. The van der Waals surface area contributed by atoms with Gasteiger partial charge in [0.2, 0.25) is 0 Å². The van der Waals surface area contributed by atoms with Crippen LogP contribution in [0, 0.1) is 0 Å². The van der Waals surface area contributed by atoms with E-state index >= 15 is 0 Å². The van der Waals surface area contributed by atoms with Crippen LogP contribution in [0.25, 0.3) is 23.4 Å². The largest absolute Gasteiger partial charge is 0.237 e. The average Bonchev–Trinajstić information content (AvgIpc) is 2.96. The van der Waals surface area contributed by atoms with E-state index in [1.165, 1.54) is 5.56 Å². The Morgan fingerprint density at radius 1 is 0.789 bits per heavy atom. The van der Waals surface area contributed by atoms with Crippen LogP contribution in [-0.4, -0.2) is 4.98 Å². The lowest BCUT2D eigenvalue weighted by atomic mass is 10.2. The molecule has 3 aromatic rings. The summed E-state index contributed by atoms with van der Waals surface area (Å²) < 4.78 is 0. The molecule has 0 bridgehead atoms. The Labute approximate surface area is 116 Å². The van der Waals surface area contributed by atoms with Gasteiger partial charge in [-0.2, -0.15) is 0 Å². The van der Waals surface area contributed by atoms with Crippen molar-refractivity contribution in [2.24, 2.45) is 0 Å². The van der Waals surface area contributed by atoms with Gasteiger partial charge in [-0.1, -0.05) is 66.7 Å². The molecule has 1 aromatic heterocycles. The number of hydrogen-bond acceptors (Lipinski definition) is 2. The van der Waals surface area contributed by atoms with Crippen molar-refractivity contribution in [3.63, 3.8) is 0 Å². The first-order chi connectivity index (χ1) is 9.42. The minimum atomic E-state index is 1.03. The predicted octanol–water partition coefficient (Wildman–Crippen LogP) is 4.98. The average molecular weight is 263 g/mol. The molecular weight excluding hydrogens is 250 g/mol. The van der Waals surface area contributed by atoms with E-state index in [1.807, 2.05) is 36.4 Å². The van der Waals surface area contributed by atoms with Gasteiger partial charge in [-0.25, -0.2) is 4.98 Å². The molecule has 19 heavy (non-hydrogen) atoms. The summed E-state index contributed by atoms with van der Waals surface area (Å²) >= 11 is 1.67. The Hall–Kier alpha value is -2.19. The summed E-state index contributed by atoms with van der Waals surface area (Å²) in [5.41, 5.74) is 3.40. The minimum absolute atomic E-state index is 1.03. The van der Waals surface area contributed by atoms with Gasteiger partial charge in [-0.3, -0.25) is 0 Å². The molecule has 0 N–H and O–H groups in total. The molecule has 0 aliphatic rings. The highest BCUT2D eigenvalue weighted by molar-refractivity contribution is 7.10. The number of benzene rings is 2. The predicted molar refractivity (Wildman–Crippen MR) is 82.9 cm³/mol. The first kappa shape index (κ1) is 11.9. The smallest absolute Gasteiger partial charge is 0.116 e. The van der Waals surface area contributed by atoms with E-state index in [9.17, 15) is 0 Å². The van der Waals surface area contributed by atoms with E-state index in [0.717, 1.165) is 16.3 Å². The lowest BCUT2D eigenvalue weighted by Crippen LogP contribution is -1.76. The lowest BCUT2D eigenvalue weighted by Gasteiger charge is -1.93. The Bertz CT molecular complexity index is 669. The highest BCUT2D eigenvalue weighted by Crippen LogP contribution is 2.22. The van der Waals surface area contributed by atoms with Crippen LogP contribution >= 0.6 is 11.3 Å². The fourth-order valence-corrected chi connectivity index (χ4v) is 2.56. The Morgan fingerprint density at radius 2 is 1.47 bits per heavy atom. The summed E-state index contributed by atoms with van der Waals surface area (Å²) in [5, 5.41) is 3.13. The maximum absolute atomic E-state index is 4.63. The molecule has 0 atom stereocenters. The summed E-state index contributed by atoms with van der Waals surface area (Å²) in [4.78, 5) is 4.63. The fraction of sp³-hybridized carbons (Fsp3) is 0. The summed E-state index contributed by atoms with van der Waals surface area (Å²) in [6.45, 7) is 0. The van der Waals surface area contributed by atoms with Gasteiger partial charge in [-0.15, -0.1) is 11.3 Å². The van der Waals surface area contributed by atoms with Crippen molar-refractivity contribution < 1.29 is 0 Å². The van der Waals surface area contributed by atoms with Gasteiger partial charge in [0.25, 0.3) is 0 Å². The van der Waals surface area contributed by atoms with Crippen molar-refractivity contribution >= 4 is 23.5 Å². The zero-order chi connectivity index (χ0) is 12.9. The minimum Gasteiger partial charge on any atom is -0.237 e. The number of nitrogens with zero attached hydrogens (tertiary/aromatic N) is 1. The molecule has 0 unspecified atom stereocenters. The fourth-order valence-electron chi connectivity index (χ4n) is 1.84. The van der Waals surface area contributed by atoms with Gasteiger partial charge < -0.3 is 0 Å². The second-order valence-corrected chi connectivity index (χ2v) is 5.07. The molecule has 0 saturated carbocycles. The summed E-state index contributed by atoms with van der Waals surface area (Å²) in [6, 6.07) is 20.5. The van der Waals surface area contributed by atoms with Gasteiger partial charge in [0, 0.05) is 10.9 Å². The standard InChI is InChI=1S/C17H13NS/c1-3-7-14(8-4-1)11-12-17-18-16(13-19-17)15-9-5-2-6-10-15/h1-13H/b12-11+. The number of aromatic nitrogens is 1. The maximum Gasteiger partial charge on any atom is 0.116 e. The van der Waals surface area contributed by atoms with Crippen molar-refractivity contribution in [3.8, 4) is 11.3 Å². The molecule has 0 spiro atoms. The molecule has 1 heterocycles. The van der Waals surface area contributed by atoms with E-state index in [1.54, 1.807) is 11.3 Å². The van der Waals surface area contributed by atoms with Crippen LogP contribution in [0.1, 0.15) is 10.6 Å². The van der Waals surface area contributed by atoms with Crippen LogP contribution < -0.4 is 0 Å². The van der Waals surface area contributed by atoms with Crippen LogP contribution in [0.2, 0.25) is 0 Å².